The van der Waals surface area contributed by atoms with E-state index in [9.17, 15) is 4.79 Å². The summed E-state index contributed by atoms with van der Waals surface area (Å²) in [5, 5.41) is 2.69. The lowest BCUT2D eigenvalue weighted by atomic mass is 10.2. The SMILES string of the molecule is NC(=S)c1ccc(C(=O)NCc2ccco2)nc1. The molecule has 2 aromatic heterocycles. The quantitative estimate of drug-likeness (QED) is 0.809. The molecule has 2 rings (SSSR count). The van der Waals surface area contributed by atoms with E-state index in [1.165, 1.54) is 6.20 Å². The van der Waals surface area contributed by atoms with E-state index in [4.69, 9.17) is 22.4 Å². The number of nitrogens with two attached hydrogens (primary N) is 1. The number of nitrogens with one attached hydrogen (secondary N) is 1. The molecule has 6 heteroatoms. The van der Waals surface area contributed by atoms with Crippen molar-refractivity contribution in [3.63, 3.8) is 0 Å². The van der Waals surface area contributed by atoms with Gasteiger partial charge < -0.3 is 15.5 Å². The molecule has 0 bridgehead atoms. The Kier molecular flexibility index (Phi) is 3.69. The van der Waals surface area contributed by atoms with Crippen LogP contribution in [0.2, 0.25) is 0 Å². The smallest absolute Gasteiger partial charge is 0.270 e. The summed E-state index contributed by atoms with van der Waals surface area (Å²) in [6, 6.07) is 6.78. The van der Waals surface area contributed by atoms with Gasteiger partial charge in [-0.3, -0.25) is 9.78 Å². The van der Waals surface area contributed by atoms with Crippen LogP contribution in [0.1, 0.15) is 21.8 Å². The Morgan fingerprint density at radius 2 is 2.28 bits per heavy atom. The molecule has 0 aliphatic carbocycles. The third kappa shape index (κ3) is 2.92. The fraction of sp³-hybridized carbons (Fsp3) is 0.0833. The number of amides is 1. The zero-order chi connectivity index (χ0) is 13.0. The average molecular weight is 261 g/mol. The van der Waals surface area contributed by atoms with Gasteiger partial charge in [-0.25, -0.2) is 0 Å². The molecule has 0 atom stereocenters. The van der Waals surface area contributed by atoms with Crippen LogP contribution in [0.5, 0.6) is 0 Å². The average Bonchev–Trinajstić information content (AvgIpc) is 2.89. The van der Waals surface area contributed by atoms with Crippen molar-refractivity contribution >= 4 is 23.1 Å². The molecule has 0 aliphatic rings. The summed E-state index contributed by atoms with van der Waals surface area (Å²) < 4.78 is 5.10. The van der Waals surface area contributed by atoms with Crippen molar-refractivity contribution in [3.8, 4) is 0 Å². The monoisotopic (exact) mass is 261 g/mol. The van der Waals surface area contributed by atoms with Crippen LogP contribution in [0.3, 0.4) is 0 Å². The maximum absolute atomic E-state index is 11.7. The van der Waals surface area contributed by atoms with E-state index in [2.05, 4.69) is 10.3 Å². The molecule has 3 N–H and O–H groups in total. The number of thiocarbonyl (C=S) groups is 1. The highest BCUT2D eigenvalue weighted by Gasteiger charge is 2.08. The number of aromatic nitrogens is 1. The number of carbonyl (C=O) groups excluding carboxylic acids is 1. The Morgan fingerprint density at radius 3 is 2.83 bits per heavy atom. The lowest BCUT2D eigenvalue weighted by Gasteiger charge is -2.03. The Labute approximate surface area is 109 Å². The maximum atomic E-state index is 11.7. The molecule has 5 nitrogen and oxygen atoms in total. The van der Waals surface area contributed by atoms with Crippen molar-refractivity contribution in [2.45, 2.75) is 6.54 Å². The summed E-state index contributed by atoms with van der Waals surface area (Å²) in [4.78, 5) is 16.0. The van der Waals surface area contributed by atoms with Crippen molar-refractivity contribution in [1.82, 2.24) is 10.3 Å². The number of pyridine rings is 1. The van der Waals surface area contributed by atoms with Crippen LogP contribution in [0.15, 0.2) is 41.1 Å². The Morgan fingerprint density at radius 1 is 1.44 bits per heavy atom. The van der Waals surface area contributed by atoms with Gasteiger partial charge >= 0.3 is 0 Å². The van der Waals surface area contributed by atoms with Crippen molar-refractivity contribution < 1.29 is 9.21 Å². The highest BCUT2D eigenvalue weighted by Crippen LogP contribution is 2.02. The van der Waals surface area contributed by atoms with Crippen LogP contribution >= 0.6 is 12.2 Å². The molecule has 1 amide bonds. The van der Waals surface area contributed by atoms with Crippen LogP contribution in [-0.4, -0.2) is 15.9 Å². The normalized spacial score (nSPS) is 10.0. The molecule has 18 heavy (non-hydrogen) atoms. The molecular weight excluding hydrogens is 250 g/mol. The van der Waals surface area contributed by atoms with Crippen molar-refractivity contribution in [1.29, 1.82) is 0 Å². The van der Waals surface area contributed by atoms with Gasteiger partial charge in [0, 0.05) is 11.8 Å². The van der Waals surface area contributed by atoms with Gasteiger partial charge in [-0.15, -0.1) is 0 Å². The molecule has 0 aliphatic heterocycles. The van der Waals surface area contributed by atoms with Crippen LogP contribution in [0.4, 0.5) is 0 Å². The van der Waals surface area contributed by atoms with Crippen LogP contribution in [0.25, 0.3) is 0 Å². The van der Waals surface area contributed by atoms with E-state index in [1.54, 1.807) is 30.5 Å². The Balaban J connectivity index is 1.98. The standard InChI is InChI=1S/C12H11N3O2S/c13-11(18)8-3-4-10(14-6-8)12(16)15-7-9-2-1-5-17-9/h1-6H,7H2,(H2,13,18)(H,15,16). The molecule has 92 valence electrons. The van der Waals surface area contributed by atoms with Gasteiger partial charge in [-0.05, 0) is 24.3 Å². The minimum Gasteiger partial charge on any atom is -0.467 e. The third-order valence-corrected chi connectivity index (χ3v) is 2.52. The van der Waals surface area contributed by atoms with Gasteiger partial charge in [0.25, 0.3) is 5.91 Å². The van der Waals surface area contributed by atoms with Gasteiger partial charge in [0.15, 0.2) is 0 Å². The highest BCUT2D eigenvalue weighted by atomic mass is 32.1. The zero-order valence-electron chi connectivity index (χ0n) is 9.42. The van der Waals surface area contributed by atoms with Crippen LogP contribution in [-0.2, 0) is 6.54 Å². The van der Waals surface area contributed by atoms with Gasteiger partial charge in [0.2, 0.25) is 0 Å². The summed E-state index contributed by atoms with van der Waals surface area (Å²) in [5.41, 5.74) is 6.38. The Bertz CT molecular complexity index is 549. The van der Waals surface area contributed by atoms with Gasteiger partial charge in [0.05, 0.1) is 12.8 Å². The molecule has 0 spiro atoms. The van der Waals surface area contributed by atoms with Crippen molar-refractivity contribution in [2.24, 2.45) is 5.73 Å². The van der Waals surface area contributed by atoms with E-state index >= 15 is 0 Å². The second-order valence-corrected chi connectivity index (χ2v) is 4.00. The second kappa shape index (κ2) is 5.42. The molecule has 0 saturated carbocycles. The number of carbonyl (C=O) groups is 1. The van der Waals surface area contributed by atoms with E-state index in [1.807, 2.05) is 0 Å². The number of hydrogen-bond acceptors (Lipinski definition) is 4. The first-order valence-electron chi connectivity index (χ1n) is 5.23. The fourth-order valence-corrected chi connectivity index (χ4v) is 1.47. The molecule has 0 aromatic carbocycles. The molecule has 0 unspecified atom stereocenters. The lowest BCUT2D eigenvalue weighted by Crippen LogP contribution is -2.23. The fourth-order valence-electron chi connectivity index (χ4n) is 1.35. The van der Waals surface area contributed by atoms with Crippen molar-refractivity contribution in [3.05, 3.63) is 53.7 Å². The van der Waals surface area contributed by atoms with Gasteiger partial charge in [-0.2, -0.15) is 0 Å². The zero-order valence-corrected chi connectivity index (χ0v) is 10.2. The number of furan rings is 1. The first-order valence-corrected chi connectivity index (χ1v) is 5.64. The van der Waals surface area contributed by atoms with E-state index < -0.39 is 0 Å². The predicted molar refractivity (Wildman–Crippen MR) is 70.0 cm³/mol. The number of rotatable bonds is 4. The van der Waals surface area contributed by atoms with E-state index in [0.717, 1.165) is 0 Å². The maximum Gasteiger partial charge on any atom is 0.270 e. The molecular formula is C12H11N3O2S. The minimum atomic E-state index is -0.277. The lowest BCUT2D eigenvalue weighted by molar-refractivity contribution is 0.0943. The molecule has 0 radical (unpaired) electrons. The van der Waals surface area contributed by atoms with Crippen LogP contribution < -0.4 is 11.1 Å². The Hall–Kier alpha value is -2.21. The first-order chi connectivity index (χ1) is 8.66. The number of nitrogens with zero attached hydrogens (tertiary/aromatic N) is 1. The van der Waals surface area contributed by atoms with E-state index in [-0.39, 0.29) is 10.9 Å². The number of hydrogen-bond donors (Lipinski definition) is 2. The summed E-state index contributed by atoms with van der Waals surface area (Å²) in [6.07, 6.45) is 3.03. The van der Waals surface area contributed by atoms with E-state index in [0.29, 0.717) is 23.6 Å². The van der Waals surface area contributed by atoms with Crippen LogP contribution in [0, 0.1) is 0 Å². The molecule has 2 heterocycles. The largest absolute Gasteiger partial charge is 0.467 e. The predicted octanol–water partition coefficient (Wildman–Crippen LogP) is 1.24. The van der Waals surface area contributed by atoms with Crippen molar-refractivity contribution in [2.75, 3.05) is 0 Å². The van der Waals surface area contributed by atoms with Gasteiger partial charge in [-0.1, -0.05) is 12.2 Å². The summed E-state index contributed by atoms with van der Waals surface area (Å²) >= 11 is 4.80. The summed E-state index contributed by atoms with van der Waals surface area (Å²) in [6.45, 7) is 0.324. The molecule has 2 aromatic rings. The van der Waals surface area contributed by atoms with Gasteiger partial charge in [0.1, 0.15) is 16.4 Å². The topological polar surface area (TPSA) is 81.2 Å². The second-order valence-electron chi connectivity index (χ2n) is 3.56. The highest BCUT2D eigenvalue weighted by molar-refractivity contribution is 7.80. The minimum absolute atomic E-state index is 0.255. The third-order valence-electron chi connectivity index (χ3n) is 2.28. The molecule has 0 saturated heterocycles. The summed E-state index contributed by atoms with van der Waals surface area (Å²) in [5.74, 6) is 0.406. The summed E-state index contributed by atoms with van der Waals surface area (Å²) in [7, 11) is 0. The molecule has 0 fully saturated rings. The first kappa shape index (κ1) is 12.3.